The number of nitrogens with zero attached hydrogens (tertiary/aromatic N) is 4. The fraction of sp³-hybridized carbons (Fsp3) is 0.138. The highest BCUT2D eigenvalue weighted by atomic mass is 19.1. The van der Waals surface area contributed by atoms with Gasteiger partial charge in [0.1, 0.15) is 28.7 Å². The van der Waals surface area contributed by atoms with Crippen molar-refractivity contribution in [2.75, 3.05) is 0 Å². The lowest BCUT2D eigenvalue weighted by molar-refractivity contribution is 0.0938. The van der Waals surface area contributed by atoms with Crippen LogP contribution in [0, 0.1) is 5.82 Å². The number of pyridine rings is 2. The first kappa shape index (κ1) is 26.3. The molecule has 0 radical (unpaired) electrons. The Bertz CT molecular complexity index is 1610. The number of amides is 1. The van der Waals surface area contributed by atoms with Crippen molar-refractivity contribution < 1.29 is 13.6 Å². The van der Waals surface area contributed by atoms with Crippen molar-refractivity contribution in [3.05, 3.63) is 130 Å². The van der Waals surface area contributed by atoms with Crippen LogP contribution in [-0.4, -0.2) is 25.4 Å². The number of carbonyl (C=O) groups excluding carboxylic acids is 1. The second kappa shape index (κ2) is 11.5. The summed E-state index contributed by atoms with van der Waals surface area (Å²) in [5.74, 6) is -1.09. The minimum absolute atomic E-state index is 0.000733. The van der Waals surface area contributed by atoms with Crippen molar-refractivity contribution >= 4 is 22.5 Å². The van der Waals surface area contributed by atoms with Crippen LogP contribution in [0.1, 0.15) is 47.2 Å². The van der Waals surface area contributed by atoms with Gasteiger partial charge in [-0.15, -0.1) is 0 Å². The molecule has 4 aromatic rings. The van der Waals surface area contributed by atoms with E-state index in [1.165, 1.54) is 28.8 Å². The molecule has 0 aliphatic rings. The summed E-state index contributed by atoms with van der Waals surface area (Å²) in [7, 11) is 0. The van der Waals surface area contributed by atoms with Crippen LogP contribution in [0.3, 0.4) is 0 Å². The summed E-state index contributed by atoms with van der Waals surface area (Å²) in [6, 6.07) is 10.2. The molecule has 0 saturated heterocycles. The maximum Gasteiger partial charge on any atom is 0.265 e. The molecule has 9 heteroatoms. The van der Waals surface area contributed by atoms with Crippen molar-refractivity contribution in [1.29, 1.82) is 0 Å². The number of hydrogen-bond acceptors (Lipinski definition) is 5. The average molecular weight is 514 g/mol. The van der Waals surface area contributed by atoms with Gasteiger partial charge in [-0.25, -0.2) is 23.7 Å². The highest BCUT2D eigenvalue weighted by Gasteiger charge is 2.20. The molecule has 1 aromatic carbocycles. The number of fused-ring (bicyclic) bond motifs is 1. The lowest BCUT2D eigenvalue weighted by Crippen LogP contribution is -2.35. The zero-order chi connectivity index (χ0) is 27.2. The summed E-state index contributed by atoms with van der Waals surface area (Å²) < 4.78 is 28.2. The Morgan fingerprint density at radius 2 is 1.84 bits per heavy atom. The molecule has 0 saturated carbocycles. The molecule has 3 aromatic heterocycles. The molecule has 1 N–H and O–H groups in total. The van der Waals surface area contributed by atoms with Crippen molar-refractivity contribution in [2.45, 2.75) is 26.4 Å². The minimum Gasteiger partial charge on any atom is -0.345 e. The zero-order valence-corrected chi connectivity index (χ0v) is 20.9. The normalized spacial score (nSPS) is 12.8. The third kappa shape index (κ3) is 5.95. The van der Waals surface area contributed by atoms with E-state index in [1.807, 2.05) is 0 Å². The first-order chi connectivity index (χ1) is 18.3. The van der Waals surface area contributed by atoms with Gasteiger partial charge >= 0.3 is 0 Å². The number of halogens is 2. The van der Waals surface area contributed by atoms with E-state index in [2.05, 4.69) is 26.8 Å². The van der Waals surface area contributed by atoms with Gasteiger partial charge < -0.3 is 5.32 Å². The Balaban J connectivity index is 1.79. The van der Waals surface area contributed by atoms with Crippen molar-refractivity contribution in [3.8, 4) is 0 Å². The number of nitrogens with one attached hydrogen (secondary N) is 1. The molecule has 3 heterocycles. The number of aromatic nitrogens is 4. The maximum atomic E-state index is 13.5. The van der Waals surface area contributed by atoms with Gasteiger partial charge in [0.15, 0.2) is 0 Å². The van der Waals surface area contributed by atoms with Gasteiger partial charge in [0.2, 0.25) is 0 Å². The molecule has 38 heavy (non-hydrogen) atoms. The Kier molecular flexibility index (Phi) is 7.96. The van der Waals surface area contributed by atoms with Crippen LogP contribution in [0.5, 0.6) is 0 Å². The van der Waals surface area contributed by atoms with Gasteiger partial charge in [0.25, 0.3) is 11.5 Å². The maximum absolute atomic E-state index is 13.5. The molecule has 7 nitrogen and oxygen atoms in total. The van der Waals surface area contributed by atoms with E-state index in [1.54, 1.807) is 62.8 Å². The third-order valence-corrected chi connectivity index (χ3v) is 5.95. The van der Waals surface area contributed by atoms with Crippen LogP contribution in [0.15, 0.2) is 96.5 Å². The van der Waals surface area contributed by atoms with Gasteiger partial charge in [0, 0.05) is 24.0 Å². The van der Waals surface area contributed by atoms with Crippen molar-refractivity contribution in [1.82, 2.24) is 24.8 Å². The second-order valence-electron chi connectivity index (χ2n) is 8.60. The summed E-state index contributed by atoms with van der Waals surface area (Å²) in [6.45, 7) is 6.93. The molecule has 4 rings (SSSR count). The van der Waals surface area contributed by atoms with E-state index in [0.29, 0.717) is 28.0 Å². The molecular formula is C29H25F2N5O2. The molecule has 1 amide bonds. The van der Waals surface area contributed by atoms with E-state index >= 15 is 0 Å². The van der Waals surface area contributed by atoms with Crippen LogP contribution < -0.4 is 10.9 Å². The van der Waals surface area contributed by atoms with Crippen molar-refractivity contribution in [3.63, 3.8) is 0 Å². The highest BCUT2D eigenvalue weighted by Crippen LogP contribution is 2.21. The van der Waals surface area contributed by atoms with E-state index in [9.17, 15) is 18.4 Å². The van der Waals surface area contributed by atoms with Crippen LogP contribution in [0.4, 0.5) is 8.78 Å². The largest absolute Gasteiger partial charge is 0.345 e. The van der Waals surface area contributed by atoms with Gasteiger partial charge in [-0.3, -0.25) is 14.2 Å². The summed E-state index contributed by atoms with van der Waals surface area (Å²) in [5.41, 5.74) is 1.77. The lowest BCUT2D eigenvalue weighted by Gasteiger charge is -2.16. The van der Waals surface area contributed by atoms with E-state index in [0.717, 1.165) is 11.6 Å². The number of rotatable bonds is 8. The quantitative estimate of drug-likeness (QED) is 0.323. The predicted molar refractivity (Wildman–Crippen MR) is 142 cm³/mol. The Labute approximate surface area is 217 Å². The molecule has 0 bridgehead atoms. The SMILES string of the molecule is C=C/C(F)=C\C=C(/C)c1cnc2c(c1)cc(C(=O)NC(C)c1ccc(F)cc1)c(=O)n2Cc1ncccn1. The minimum atomic E-state index is -0.592. The third-order valence-electron chi connectivity index (χ3n) is 5.95. The van der Waals surface area contributed by atoms with Crippen LogP contribution in [0.25, 0.3) is 16.6 Å². The standard InChI is InChI=1S/C29H25F2N5O2/c1-4-23(30)9-6-18(2)22-14-21-15-25(28(37)35-19(3)20-7-10-24(31)11-8-20)29(38)36(27(21)34-16-22)17-26-32-12-5-13-33-26/h4-16,19H,1,17H2,2-3H3,(H,35,37)/b18-6+,23-9+. The molecule has 0 aliphatic heterocycles. The molecular weight excluding hydrogens is 488 g/mol. The number of hydrogen-bond donors (Lipinski definition) is 1. The second-order valence-corrected chi connectivity index (χ2v) is 8.60. The Hall–Kier alpha value is -4.79. The van der Waals surface area contributed by atoms with Crippen LogP contribution in [0.2, 0.25) is 0 Å². The number of allylic oxidation sites excluding steroid dienone is 5. The first-order valence-electron chi connectivity index (χ1n) is 11.8. The average Bonchev–Trinajstić information content (AvgIpc) is 2.93. The van der Waals surface area contributed by atoms with Gasteiger partial charge in [-0.2, -0.15) is 0 Å². The summed E-state index contributed by atoms with van der Waals surface area (Å²) >= 11 is 0. The van der Waals surface area contributed by atoms with Gasteiger partial charge in [0.05, 0.1) is 12.6 Å². The number of carbonyl (C=O) groups is 1. The molecule has 192 valence electrons. The topological polar surface area (TPSA) is 89.8 Å². The Morgan fingerprint density at radius 1 is 1.13 bits per heavy atom. The molecule has 1 unspecified atom stereocenters. The van der Waals surface area contributed by atoms with Crippen LogP contribution >= 0.6 is 0 Å². The van der Waals surface area contributed by atoms with Crippen molar-refractivity contribution in [2.24, 2.45) is 0 Å². The van der Waals surface area contributed by atoms with E-state index in [-0.39, 0.29) is 17.9 Å². The smallest absolute Gasteiger partial charge is 0.265 e. The van der Waals surface area contributed by atoms with Gasteiger partial charge in [-0.05, 0) is 73.0 Å². The fourth-order valence-corrected chi connectivity index (χ4v) is 3.82. The monoisotopic (exact) mass is 513 g/mol. The number of benzene rings is 1. The van der Waals surface area contributed by atoms with Gasteiger partial charge in [-0.1, -0.05) is 24.8 Å². The predicted octanol–water partition coefficient (Wildman–Crippen LogP) is 5.31. The molecule has 0 aliphatic carbocycles. The first-order valence-corrected chi connectivity index (χ1v) is 11.8. The Morgan fingerprint density at radius 3 is 2.53 bits per heavy atom. The highest BCUT2D eigenvalue weighted by molar-refractivity contribution is 5.97. The van der Waals surface area contributed by atoms with E-state index in [4.69, 9.17) is 0 Å². The summed E-state index contributed by atoms with van der Waals surface area (Å²) in [4.78, 5) is 39.7. The summed E-state index contributed by atoms with van der Waals surface area (Å²) in [5, 5.41) is 3.33. The zero-order valence-electron chi connectivity index (χ0n) is 20.9. The van der Waals surface area contributed by atoms with Crippen LogP contribution in [-0.2, 0) is 6.54 Å². The molecule has 0 spiro atoms. The summed E-state index contributed by atoms with van der Waals surface area (Å²) in [6.07, 6.45) is 8.68. The van der Waals surface area contributed by atoms with E-state index < -0.39 is 23.3 Å². The fourth-order valence-electron chi connectivity index (χ4n) is 3.82. The molecule has 1 atom stereocenters. The lowest BCUT2D eigenvalue weighted by atomic mass is 10.1. The molecule has 0 fully saturated rings.